The van der Waals surface area contributed by atoms with Crippen molar-refractivity contribution in [3.8, 4) is 17.2 Å². The molecule has 0 aromatic heterocycles. The lowest BCUT2D eigenvalue weighted by Gasteiger charge is -2.10. The molecule has 0 atom stereocenters. The fourth-order valence-electron chi connectivity index (χ4n) is 1.63. The van der Waals surface area contributed by atoms with Crippen LogP contribution in [0.25, 0.3) is 0 Å². The maximum absolute atomic E-state index is 5.81. The molecule has 4 nitrogen and oxygen atoms in total. The molecule has 20 heavy (non-hydrogen) atoms. The minimum atomic E-state index is 0.401. The smallest absolute Gasteiger partial charge is 0.142 e. The molecule has 2 aromatic carbocycles. The Morgan fingerprint density at radius 2 is 1.60 bits per heavy atom. The van der Waals surface area contributed by atoms with E-state index < -0.39 is 0 Å². The van der Waals surface area contributed by atoms with Gasteiger partial charge < -0.3 is 19.9 Å². The number of anilines is 1. The summed E-state index contributed by atoms with van der Waals surface area (Å²) < 4.78 is 16.1. The van der Waals surface area contributed by atoms with Crippen molar-refractivity contribution in [1.82, 2.24) is 0 Å². The first-order chi connectivity index (χ1) is 9.69. The van der Waals surface area contributed by atoms with Gasteiger partial charge in [-0.05, 0) is 42.5 Å². The van der Waals surface area contributed by atoms with Gasteiger partial charge in [-0.25, -0.2) is 0 Å². The molecular weight excluding hydrogens is 278 g/mol. The number of benzene rings is 2. The summed E-state index contributed by atoms with van der Waals surface area (Å²) in [4.78, 5) is 0. The third-order valence-corrected chi connectivity index (χ3v) is 2.88. The van der Waals surface area contributed by atoms with Gasteiger partial charge in [0.25, 0.3) is 0 Å². The van der Waals surface area contributed by atoms with Crippen molar-refractivity contribution in [3.63, 3.8) is 0 Å². The molecule has 0 amide bonds. The molecule has 106 valence electrons. The summed E-state index contributed by atoms with van der Waals surface area (Å²) >= 11 is 5.81. The average molecular weight is 294 g/mol. The number of nitrogen functional groups attached to an aromatic ring is 1. The quantitative estimate of drug-likeness (QED) is 0.655. The van der Waals surface area contributed by atoms with Gasteiger partial charge in [-0.2, -0.15) is 0 Å². The lowest BCUT2D eigenvalue weighted by Crippen LogP contribution is -2.09. The van der Waals surface area contributed by atoms with Crippen molar-refractivity contribution in [1.29, 1.82) is 0 Å². The fraction of sp³-hybridized carbons (Fsp3) is 0.200. The van der Waals surface area contributed by atoms with Crippen molar-refractivity contribution >= 4 is 17.3 Å². The van der Waals surface area contributed by atoms with Crippen LogP contribution in [0.3, 0.4) is 0 Å². The Balaban J connectivity index is 1.78. The Morgan fingerprint density at radius 1 is 0.950 bits per heavy atom. The Morgan fingerprint density at radius 3 is 2.25 bits per heavy atom. The molecule has 0 heterocycles. The maximum Gasteiger partial charge on any atom is 0.142 e. The van der Waals surface area contributed by atoms with E-state index in [4.69, 9.17) is 31.5 Å². The predicted octanol–water partition coefficient (Wildman–Crippen LogP) is 3.39. The Hall–Kier alpha value is -2.07. The normalized spacial score (nSPS) is 10.1. The predicted molar refractivity (Wildman–Crippen MR) is 79.8 cm³/mol. The maximum atomic E-state index is 5.81. The third-order valence-electron chi connectivity index (χ3n) is 2.64. The number of methoxy groups -OCH3 is 1. The second-order valence-corrected chi connectivity index (χ2v) is 4.49. The third kappa shape index (κ3) is 3.96. The molecular formula is C15H16ClNO3. The van der Waals surface area contributed by atoms with Crippen LogP contribution < -0.4 is 19.9 Å². The number of rotatable bonds is 6. The van der Waals surface area contributed by atoms with Crippen LogP contribution in [0.4, 0.5) is 5.69 Å². The van der Waals surface area contributed by atoms with Gasteiger partial charge in [0.2, 0.25) is 0 Å². The van der Waals surface area contributed by atoms with E-state index in [2.05, 4.69) is 0 Å². The minimum Gasteiger partial charge on any atom is -0.497 e. The Kier molecular flexibility index (Phi) is 4.96. The molecule has 0 saturated heterocycles. The molecule has 0 unspecified atom stereocenters. The topological polar surface area (TPSA) is 53.7 Å². The molecule has 0 saturated carbocycles. The van der Waals surface area contributed by atoms with Crippen LogP contribution in [0, 0.1) is 0 Å². The van der Waals surface area contributed by atoms with E-state index in [9.17, 15) is 0 Å². The monoisotopic (exact) mass is 293 g/mol. The summed E-state index contributed by atoms with van der Waals surface area (Å²) in [7, 11) is 1.63. The van der Waals surface area contributed by atoms with E-state index >= 15 is 0 Å². The lowest BCUT2D eigenvalue weighted by atomic mass is 10.3. The molecule has 2 aromatic rings. The summed E-state index contributed by atoms with van der Waals surface area (Å²) in [5, 5.41) is 0.587. The van der Waals surface area contributed by atoms with Gasteiger partial charge in [-0.3, -0.25) is 0 Å². The van der Waals surface area contributed by atoms with Crippen molar-refractivity contribution in [2.24, 2.45) is 0 Å². The SMILES string of the molecule is COc1ccc(OCCOc2ccc(Cl)cc2N)cc1. The number of nitrogens with two attached hydrogens (primary N) is 1. The fourth-order valence-corrected chi connectivity index (χ4v) is 1.81. The highest BCUT2D eigenvalue weighted by atomic mass is 35.5. The molecule has 0 radical (unpaired) electrons. The Bertz CT molecular complexity index is 558. The van der Waals surface area contributed by atoms with Gasteiger partial charge in [0, 0.05) is 5.02 Å². The van der Waals surface area contributed by atoms with Crippen molar-refractivity contribution in [2.45, 2.75) is 0 Å². The van der Waals surface area contributed by atoms with Crippen LogP contribution in [-0.4, -0.2) is 20.3 Å². The summed E-state index contributed by atoms with van der Waals surface area (Å²) in [6.07, 6.45) is 0. The first-order valence-corrected chi connectivity index (χ1v) is 6.51. The van der Waals surface area contributed by atoms with E-state index in [-0.39, 0.29) is 0 Å². The van der Waals surface area contributed by atoms with Gasteiger partial charge in [0.05, 0.1) is 12.8 Å². The van der Waals surface area contributed by atoms with Crippen molar-refractivity contribution in [3.05, 3.63) is 47.5 Å². The largest absolute Gasteiger partial charge is 0.497 e. The molecule has 0 fully saturated rings. The molecule has 0 aliphatic carbocycles. The molecule has 2 rings (SSSR count). The molecule has 5 heteroatoms. The van der Waals surface area contributed by atoms with E-state index in [1.54, 1.807) is 25.3 Å². The molecule has 0 spiro atoms. The van der Waals surface area contributed by atoms with Crippen LogP contribution in [0.5, 0.6) is 17.2 Å². The van der Waals surface area contributed by atoms with Crippen LogP contribution >= 0.6 is 11.6 Å². The van der Waals surface area contributed by atoms with Crippen molar-refractivity contribution < 1.29 is 14.2 Å². The number of hydrogen-bond donors (Lipinski definition) is 1. The first kappa shape index (κ1) is 14.3. The lowest BCUT2D eigenvalue weighted by molar-refractivity contribution is 0.218. The van der Waals surface area contributed by atoms with Crippen LogP contribution in [0.1, 0.15) is 0 Å². The molecule has 2 N–H and O–H groups in total. The van der Waals surface area contributed by atoms with Gasteiger partial charge >= 0.3 is 0 Å². The van der Waals surface area contributed by atoms with Crippen LogP contribution in [-0.2, 0) is 0 Å². The van der Waals surface area contributed by atoms with Crippen molar-refractivity contribution in [2.75, 3.05) is 26.1 Å². The van der Waals surface area contributed by atoms with E-state index in [1.807, 2.05) is 24.3 Å². The molecule has 0 aliphatic rings. The molecule has 0 aliphatic heterocycles. The minimum absolute atomic E-state index is 0.401. The van der Waals surface area contributed by atoms with E-state index in [0.717, 1.165) is 11.5 Å². The van der Waals surface area contributed by atoms with E-state index in [0.29, 0.717) is 29.7 Å². The van der Waals surface area contributed by atoms with Gasteiger partial charge in [0.15, 0.2) is 0 Å². The highest BCUT2D eigenvalue weighted by Crippen LogP contribution is 2.24. The zero-order chi connectivity index (χ0) is 14.4. The summed E-state index contributed by atoms with van der Waals surface area (Å²) in [6.45, 7) is 0.826. The number of hydrogen-bond acceptors (Lipinski definition) is 4. The molecule has 0 bridgehead atoms. The van der Waals surface area contributed by atoms with Gasteiger partial charge in [-0.15, -0.1) is 0 Å². The zero-order valence-corrected chi connectivity index (χ0v) is 11.9. The summed E-state index contributed by atoms with van der Waals surface area (Å²) in [5.41, 5.74) is 6.30. The van der Waals surface area contributed by atoms with Gasteiger partial charge in [0.1, 0.15) is 30.5 Å². The zero-order valence-electron chi connectivity index (χ0n) is 11.1. The van der Waals surface area contributed by atoms with E-state index in [1.165, 1.54) is 0 Å². The second-order valence-electron chi connectivity index (χ2n) is 4.05. The summed E-state index contributed by atoms with van der Waals surface area (Å²) in [6, 6.07) is 12.5. The number of halogens is 1. The highest BCUT2D eigenvalue weighted by molar-refractivity contribution is 6.30. The standard InChI is InChI=1S/C15H16ClNO3/c1-18-12-3-5-13(6-4-12)19-8-9-20-15-7-2-11(16)10-14(15)17/h2-7,10H,8-9,17H2,1H3. The number of ether oxygens (including phenoxy) is 3. The van der Waals surface area contributed by atoms with Crippen LogP contribution in [0.2, 0.25) is 5.02 Å². The average Bonchev–Trinajstić information content (AvgIpc) is 2.46. The first-order valence-electron chi connectivity index (χ1n) is 6.14. The van der Waals surface area contributed by atoms with Gasteiger partial charge in [-0.1, -0.05) is 11.6 Å². The second kappa shape index (κ2) is 6.91. The summed E-state index contributed by atoms with van der Waals surface area (Å²) in [5.74, 6) is 2.16. The highest BCUT2D eigenvalue weighted by Gasteiger charge is 2.01. The Labute approximate surface area is 123 Å². The van der Waals surface area contributed by atoms with Crippen LogP contribution in [0.15, 0.2) is 42.5 Å².